The van der Waals surface area contributed by atoms with Crippen molar-refractivity contribution in [3.05, 3.63) is 36.2 Å². The van der Waals surface area contributed by atoms with Crippen LogP contribution >= 0.6 is 0 Å². The monoisotopic (exact) mass is 202 g/mol. The Balaban J connectivity index is 2.48. The van der Waals surface area contributed by atoms with Crippen molar-refractivity contribution in [2.24, 2.45) is 0 Å². The van der Waals surface area contributed by atoms with Crippen LogP contribution in [0.15, 0.2) is 30.6 Å². The summed E-state index contributed by atoms with van der Waals surface area (Å²) in [6.07, 6.45) is 3.47. The van der Waals surface area contributed by atoms with Crippen molar-refractivity contribution in [2.75, 3.05) is 5.73 Å². The van der Waals surface area contributed by atoms with Gasteiger partial charge in [0.2, 0.25) is 0 Å². The summed E-state index contributed by atoms with van der Waals surface area (Å²) in [5.74, 6) is 0.411. The van der Waals surface area contributed by atoms with E-state index < -0.39 is 0 Å². The van der Waals surface area contributed by atoms with E-state index in [-0.39, 0.29) is 0 Å². The standard InChI is InChI=1S/C11H14N4/c1-8(2)10-7-9(3-4-11(10)12)15-6-5-13-14-15/h3-8H,12H2,1-2H3. The van der Waals surface area contributed by atoms with Crippen molar-refractivity contribution in [1.29, 1.82) is 0 Å². The number of hydrogen-bond donors (Lipinski definition) is 1. The van der Waals surface area contributed by atoms with Gasteiger partial charge < -0.3 is 5.73 Å². The maximum Gasteiger partial charge on any atom is 0.0697 e. The smallest absolute Gasteiger partial charge is 0.0697 e. The van der Waals surface area contributed by atoms with Gasteiger partial charge in [0, 0.05) is 5.69 Å². The Morgan fingerprint density at radius 1 is 1.33 bits per heavy atom. The minimum atomic E-state index is 0.411. The number of nitrogens with zero attached hydrogens (tertiary/aromatic N) is 3. The zero-order chi connectivity index (χ0) is 10.8. The van der Waals surface area contributed by atoms with Crippen LogP contribution in [0.25, 0.3) is 5.69 Å². The highest BCUT2D eigenvalue weighted by molar-refractivity contribution is 5.53. The summed E-state index contributed by atoms with van der Waals surface area (Å²) >= 11 is 0. The van der Waals surface area contributed by atoms with Gasteiger partial charge in [-0.05, 0) is 29.7 Å². The third-order valence-electron chi connectivity index (χ3n) is 2.38. The summed E-state index contributed by atoms with van der Waals surface area (Å²) < 4.78 is 1.73. The summed E-state index contributed by atoms with van der Waals surface area (Å²) in [6.45, 7) is 4.24. The molecule has 1 aromatic heterocycles. The first-order valence-corrected chi connectivity index (χ1v) is 4.94. The van der Waals surface area contributed by atoms with E-state index >= 15 is 0 Å². The molecule has 2 aromatic rings. The van der Waals surface area contributed by atoms with Gasteiger partial charge in [0.05, 0.1) is 18.1 Å². The largest absolute Gasteiger partial charge is 0.398 e. The Labute approximate surface area is 88.7 Å². The molecule has 4 heteroatoms. The first kappa shape index (κ1) is 9.71. The summed E-state index contributed by atoms with van der Waals surface area (Å²) in [5, 5.41) is 7.72. The van der Waals surface area contributed by atoms with Crippen molar-refractivity contribution in [3.63, 3.8) is 0 Å². The van der Waals surface area contributed by atoms with Gasteiger partial charge in [-0.15, -0.1) is 5.10 Å². The maximum atomic E-state index is 5.90. The number of aromatic nitrogens is 3. The summed E-state index contributed by atoms with van der Waals surface area (Å²) in [6, 6.07) is 5.90. The Kier molecular flexibility index (Phi) is 2.41. The zero-order valence-electron chi connectivity index (χ0n) is 8.88. The normalized spacial score (nSPS) is 10.9. The molecule has 15 heavy (non-hydrogen) atoms. The molecule has 0 saturated carbocycles. The van der Waals surface area contributed by atoms with E-state index in [4.69, 9.17) is 5.73 Å². The fourth-order valence-corrected chi connectivity index (χ4v) is 1.55. The van der Waals surface area contributed by atoms with Crippen LogP contribution in [-0.4, -0.2) is 15.0 Å². The second-order valence-electron chi connectivity index (χ2n) is 3.82. The van der Waals surface area contributed by atoms with Gasteiger partial charge in [-0.2, -0.15) is 0 Å². The molecule has 0 aliphatic rings. The van der Waals surface area contributed by atoms with Crippen molar-refractivity contribution in [1.82, 2.24) is 15.0 Å². The molecule has 1 aromatic carbocycles. The molecular formula is C11H14N4. The molecule has 0 aliphatic carbocycles. The molecule has 0 bridgehead atoms. The molecular weight excluding hydrogens is 188 g/mol. The van der Waals surface area contributed by atoms with E-state index in [9.17, 15) is 0 Å². The molecule has 78 valence electrons. The molecule has 0 spiro atoms. The lowest BCUT2D eigenvalue weighted by Crippen LogP contribution is -2.01. The van der Waals surface area contributed by atoms with Gasteiger partial charge in [-0.1, -0.05) is 19.1 Å². The van der Waals surface area contributed by atoms with Crippen molar-refractivity contribution >= 4 is 5.69 Å². The number of anilines is 1. The molecule has 0 saturated heterocycles. The molecule has 4 nitrogen and oxygen atoms in total. The number of rotatable bonds is 2. The number of nitrogen functional groups attached to an aromatic ring is 1. The lowest BCUT2D eigenvalue weighted by Gasteiger charge is -2.11. The molecule has 0 atom stereocenters. The van der Waals surface area contributed by atoms with Gasteiger partial charge in [0.1, 0.15) is 0 Å². The molecule has 0 amide bonds. The lowest BCUT2D eigenvalue weighted by molar-refractivity contribution is 0.796. The molecule has 0 unspecified atom stereocenters. The minimum absolute atomic E-state index is 0.411. The van der Waals surface area contributed by atoms with Crippen molar-refractivity contribution in [2.45, 2.75) is 19.8 Å². The Morgan fingerprint density at radius 2 is 2.13 bits per heavy atom. The van der Waals surface area contributed by atoms with Crippen LogP contribution in [0.5, 0.6) is 0 Å². The predicted octanol–water partition coefficient (Wildman–Crippen LogP) is 1.97. The first-order chi connectivity index (χ1) is 7.18. The predicted molar refractivity (Wildman–Crippen MR) is 59.9 cm³/mol. The van der Waals surface area contributed by atoms with Gasteiger partial charge in [-0.3, -0.25) is 0 Å². The third kappa shape index (κ3) is 1.83. The average molecular weight is 202 g/mol. The second kappa shape index (κ2) is 3.73. The Hall–Kier alpha value is -1.84. The van der Waals surface area contributed by atoms with Crippen LogP contribution in [0.4, 0.5) is 5.69 Å². The average Bonchev–Trinajstić information content (AvgIpc) is 2.71. The Morgan fingerprint density at radius 3 is 2.73 bits per heavy atom. The topological polar surface area (TPSA) is 56.7 Å². The van der Waals surface area contributed by atoms with Crippen LogP contribution in [0.3, 0.4) is 0 Å². The quantitative estimate of drug-likeness (QED) is 0.757. The number of hydrogen-bond acceptors (Lipinski definition) is 3. The minimum Gasteiger partial charge on any atom is -0.398 e. The number of benzene rings is 1. The molecule has 2 rings (SSSR count). The van der Waals surface area contributed by atoms with Crippen LogP contribution in [0.2, 0.25) is 0 Å². The first-order valence-electron chi connectivity index (χ1n) is 4.94. The van der Waals surface area contributed by atoms with E-state index in [1.54, 1.807) is 10.9 Å². The summed E-state index contributed by atoms with van der Waals surface area (Å²) in [5.41, 5.74) is 8.86. The zero-order valence-corrected chi connectivity index (χ0v) is 8.88. The van der Waals surface area contributed by atoms with Gasteiger partial charge in [0.25, 0.3) is 0 Å². The van der Waals surface area contributed by atoms with E-state index in [2.05, 4.69) is 30.2 Å². The van der Waals surface area contributed by atoms with Crippen molar-refractivity contribution in [3.8, 4) is 5.69 Å². The SMILES string of the molecule is CC(C)c1cc(-n2ccnn2)ccc1N. The third-order valence-corrected chi connectivity index (χ3v) is 2.38. The molecule has 1 heterocycles. The van der Waals surface area contributed by atoms with Gasteiger partial charge in [-0.25, -0.2) is 4.68 Å². The van der Waals surface area contributed by atoms with Crippen LogP contribution in [0, 0.1) is 0 Å². The van der Waals surface area contributed by atoms with Gasteiger partial charge in [0.15, 0.2) is 0 Å². The van der Waals surface area contributed by atoms with Crippen LogP contribution in [-0.2, 0) is 0 Å². The van der Waals surface area contributed by atoms with E-state index in [1.165, 1.54) is 0 Å². The molecule has 0 aliphatic heterocycles. The number of nitrogens with two attached hydrogens (primary N) is 1. The van der Waals surface area contributed by atoms with Crippen molar-refractivity contribution < 1.29 is 0 Å². The lowest BCUT2D eigenvalue weighted by atomic mass is 10.0. The van der Waals surface area contributed by atoms with Crippen LogP contribution < -0.4 is 5.73 Å². The Bertz CT molecular complexity index is 446. The van der Waals surface area contributed by atoms with Crippen LogP contribution in [0.1, 0.15) is 25.3 Å². The summed E-state index contributed by atoms with van der Waals surface area (Å²) in [7, 11) is 0. The molecule has 0 fully saturated rings. The summed E-state index contributed by atoms with van der Waals surface area (Å²) in [4.78, 5) is 0. The second-order valence-corrected chi connectivity index (χ2v) is 3.82. The highest BCUT2D eigenvalue weighted by atomic mass is 15.4. The van der Waals surface area contributed by atoms with E-state index in [1.807, 2.05) is 18.3 Å². The highest BCUT2D eigenvalue weighted by Gasteiger charge is 2.06. The molecule has 0 radical (unpaired) electrons. The highest BCUT2D eigenvalue weighted by Crippen LogP contribution is 2.24. The fraction of sp³-hybridized carbons (Fsp3) is 0.273. The maximum absolute atomic E-state index is 5.90. The fourth-order valence-electron chi connectivity index (χ4n) is 1.55. The van der Waals surface area contributed by atoms with E-state index in [0.717, 1.165) is 16.9 Å². The van der Waals surface area contributed by atoms with Gasteiger partial charge >= 0.3 is 0 Å². The molecule has 2 N–H and O–H groups in total. The van der Waals surface area contributed by atoms with E-state index in [0.29, 0.717) is 5.92 Å².